The van der Waals surface area contributed by atoms with Crippen LogP contribution in [0.5, 0.6) is 0 Å². The third-order valence-electron chi connectivity index (χ3n) is 4.41. The number of hydrogen-bond donors (Lipinski definition) is 2. The predicted octanol–water partition coefficient (Wildman–Crippen LogP) is 0.510. The van der Waals surface area contributed by atoms with Crippen molar-refractivity contribution < 1.29 is 31.9 Å². The summed E-state index contributed by atoms with van der Waals surface area (Å²) in [5.74, 6) is -2.26. The Hall–Kier alpha value is -2.53. The maximum absolute atomic E-state index is 13.0. The molecule has 2 fully saturated rings. The lowest BCUT2D eigenvalue weighted by atomic mass is 10.2. The Morgan fingerprint density at radius 2 is 1.82 bits per heavy atom. The lowest BCUT2D eigenvalue weighted by molar-refractivity contribution is -0.151. The molecule has 1 saturated carbocycles. The van der Waals surface area contributed by atoms with Crippen molar-refractivity contribution in [1.82, 2.24) is 14.9 Å². The quantitative estimate of drug-likeness (QED) is 0.656. The summed E-state index contributed by atoms with van der Waals surface area (Å²) in [6, 6.07) is 2.61. The fraction of sp³-hybridized carbons (Fsp3) is 0.471. The number of ether oxygens (including phenoxy) is 1. The van der Waals surface area contributed by atoms with E-state index in [4.69, 9.17) is 4.74 Å². The Bertz CT molecular complexity index is 869. The molecule has 1 aromatic carbocycles. The number of urea groups is 1. The molecule has 3 rings (SSSR count). The van der Waals surface area contributed by atoms with Crippen LogP contribution in [0.25, 0.3) is 0 Å². The van der Waals surface area contributed by atoms with E-state index in [1.165, 1.54) is 0 Å². The number of carbonyl (C=O) groups is 3. The summed E-state index contributed by atoms with van der Waals surface area (Å²) in [6.45, 7) is -0.590. The number of sulfonamides is 1. The normalized spacial score (nSPS) is 19.8. The van der Waals surface area contributed by atoms with Gasteiger partial charge in [0.1, 0.15) is 11.9 Å². The highest BCUT2D eigenvalue weighted by Gasteiger charge is 2.40. The van der Waals surface area contributed by atoms with E-state index in [9.17, 15) is 27.2 Å². The molecule has 0 unspecified atom stereocenters. The number of rotatable bonds is 6. The monoisotopic (exact) mass is 413 g/mol. The average Bonchev–Trinajstić information content (AvgIpc) is 3.30. The van der Waals surface area contributed by atoms with Crippen molar-refractivity contribution in [2.24, 2.45) is 0 Å². The van der Waals surface area contributed by atoms with Crippen molar-refractivity contribution in [2.75, 3.05) is 13.2 Å². The van der Waals surface area contributed by atoms with Gasteiger partial charge < -0.3 is 10.1 Å². The van der Waals surface area contributed by atoms with Gasteiger partial charge in [-0.3, -0.25) is 14.9 Å². The minimum Gasteiger partial charge on any atom is -0.454 e. The molecule has 3 amide bonds. The molecule has 1 aromatic rings. The second-order valence-corrected chi connectivity index (χ2v) is 8.52. The zero-order chi connectivity index (χ0) is 20.3. The number of carbonyl (C=O) groups excluding carboxylic acids is 3. The van der Waals surface area contributed by atoms with E-state index in [-0.39, 0.29) is 23.9 Å². The summed E-state index contributed by atoms with van der Waals surface area (Å²) in [4.78, 5) is 35.3. The molecule has 1 atom stereocenters. The van der Waals surface area contributed by atoms with E-state index in [0.717, 1.165) is 41.4 Å². The number of nitrogens with one attached hydrogen (secondary N) is 2. The van der Waals surface area contributed by atoms with E-state index in [0.29, 0.717) is 6.42 Å². The summed E-state index contributed by atoms with van der Waals surface area (Å²) in [6.07, 6.45) is 2.40. The number of esters is 1. The Morgan fingerprint density at radius 3 is 2.46 bits per heavy atom. The number of amides is 3. The van der Waals surface area contributed by atoms with E-state index >= 15 is 0 Å². The van der Waals surface area contributed by atoms with E-state index in [1.54, 1.807) is 0 Å². The van der Waals surface area contributed by atoms with Gasteiger partial charge >= 0.3 is 12.0 Å². The molecule has 28 heavy (non-hydrogen) atoms. The first kappa shape index (κ1) is 20.2. The first-order chi connectivity index (χ1) is 13.3. The van der Waals surface area contributed by atoms with Crippen LogP contribution in [0, 0.1) is 5.82 Å². The van der Waals surface area contributed by atoms with E-state index < -0.39 is 46.4 Å². The van der Waals surface area contributed by atoms with Crippen molar-refractivity contribution >= 4 is 27.9 Å². The molecule has 1 saturated heterocycles. The summed E-state index contributed by atoms with van der Waals surface area (Å²) in [7, 11) is -4.01. The number of nitrogens with zero attached hydrogens (tertiary/aromatic N) is 1. The smallest absolute Gasteiger partial charge is 0.324 e. The first-order valence-electron chi connectivity index (χ1n) is 8.82. The van der Waals surface area contributed by atoms with E-state index in [1.807, 2.05) is 5.32 Å². The highest BCUT2D eigenvalue weighted by atomic mass is 32.2. The SMILES string of the molecule is O=C(COC(=O)[C@@H]1CCCN1S(=O)(=O)c1ccc(F)cc1)NC(=O)NC1CC1. The Labute approximate surface area is 161 Å². The molecule has 2 N–H and O–H groups in total. The highest BCUT2D eigenvalue weighted by Crippen LogP contribution is 2.27. The van der Waals surface area contributed by atoms with Crippen LogP contribution in [0.3, 0.4) is 0 Å². The minimum atomic E-state index is -4.01. The minimum absolute atomic E-state index is 0.0686. The standard InChI is InChI=1S/C17H20FN3O6S/c18-11-3-7-13(8-4-11)28(25,26)21-9-1-2-14(21)16(23)27-10-15(22)20-17(24)19-12-5-6-12/h3-4,7-8,12,14H,1-2,5-6,9-10H2,(H2,19,20,22,24)/t14-/m0/s1. The van der Waals surface area contributed by atoms with Gasteiger partial charge in [-0.2, -0.15) is 4.31 Å². The number of benzene rings is 1. The maximum Gasteiger partial charge on any atom is 0.324 e. The number of halogens is 1. The Kier molecular flexibility index (Phi) is 5.94. The lowest BCUT2D eigenvalue weighted by Gasteiger charge is -2.22. The van der Waals surface area contributed by atoms with Gasteiger partial charge in [-0.15, -0.1) is 0 Å². The van der Waals surface area contributed by atoms with Gasteiger partial charge in [0.25, 0.3) is 5.91 Å². The van der Waals surface area contributed by atoms with Crippen LogP contribution in [0.2, 0.25) is 0 Å². The van der Waals surface area contributed by atoms with Crippen LogP contribution in [-0.4, -0.2) is 55.9 Å². The van der Waals surface area contributed by atoms with Gasteiger partial charge in [0.05, 0.1) is 4.90 Å². The molecule has 9 nitrogen and oxygen atoms in total. The fourth-order valence-electron chi connectivity index (χ4n) is 2.85. The van der Waals surface area contributed by atoms with Gasteiger partial charge in [-0.25, -0.2) is 17.6 Å². The molecule has 0 aromatic heterocycles. The number of hydrogen-bond acceptors (Lipinski definition) is 6. The third-order valence-corrected chi connectivity index (χ3v) is 6.33. The summed E-state index contributed by atoms with van der Waals surface area (Å²) in [5, 5.41) is 4.59. The Morgan fingerprint density at radius 1 is 1.14 bits per heavy atom. The van der Waals surface area contributed by atoms with Gasteiger partial charge in [-0.1, -0.05) is 0 Å². The zero-order valence-corrected chi connectivity index (χ0v) is 15.7. The van der Waals surface area contributed by atoms with Crippen LogP contribution in [0.4, 0.5) is 9.18 Å². The topological polar surface area (TPSA) is 122 Å². The van der Waals surface area contributed by atoms with Crippen molar-refractivity contribution in [3.05, 3.63) is 30.1 Å². The predicted molar refractivity (Wildman–Crippen MR) is 94.0 cm³/mol. The van der Waals surface area contributed by atoms with Gasteiger partial charge in [0.2, 0.25) is 10.0 Å². The molecule has 2 aliphatic rings. The van der Waals surface area contributed by atoms with Crippen molar-refractivity contribution in [2.45, 2.75) is 42.7 Å². The molecule has 1 aliphatic heterocycles. The van der Waals surface area contributed by atoms with Gasteiger partial charge in [0, 0.05) is 12.6 Å². The number of imide groups is 1. The van der Waals surface area contributed by atoms with Crippen LogP contribution in [0.1, 0.15) is 25.7 Å². The molecular weight excluding hydrogens is 393 g/mol. The maximum atomic E-state index is 13.0. The molecule has 0 bridgehead atoms. The summed E-state index contributed by atoms with van der Waals surface area (Å²) >= 11 is 0. The second-order valence-electron chi connectivity index (χ2n) is 6.63. The lowest BCUT2D eigenvalue weighted by Crippen LogP contribution is -2.44. The third kappa shape index (κ3) is 4.84. The zero-order valence-electron chi connectivity index (χ0n) is 14.9. The molecular formula is C17H20FN3O6S. The van der Waals surface area contributed by atoms with E-state index in [2.05, 4.69) is 5.32 Å². The molecule has 0 radical (unpaired) electrons. The summed E-state index contributed by atoms with van der Waals surface area (Å²) in [5.41, 5.74) is 0. The van der Waals surface area contributed by atoms with Crippen LogP contribution in [0.15, 0.2) is 29.2 Å². The van der Waals surface area contributed by atoms with Crippen LogP contribution in [-0.2, 0) is 24.3 Å². The van der Waals surface area contributed by atoms with Gasteiger partial charge in [0.15, 0.2) is 6.61 Å². The summed E-state index contributed by atoms with van der Waals surface area (Å²) < 4.78 is 44.4. The van der Waals surface area contributed by atoms with Gasteiger partial charge in [-0.05, 0) is 49.9 Å². The Balaban J connectivity index is 1.57. The molecule has 152 valence electrons. The fourth-order valence-corrected chi connectivity index (χ4v) is 4.50. The largest absolute Gasteiger partial charge is 0.454 e. The van der Waals surface area contributed by atoms with Crippen molar-refractivity contribution in [3.63, 3.8) is 0 Å². The van der Waals surface area contributed by atoms with Crippen LogP contribution >= 0.6 is 0 Å². The van der Waals surface area contributed by atoms with Crippen molar-refractivity contribution in [3.8, 4) is 0 Å². The first-order valence-corrected chi connectivity index (χ1v) is 10.3. The second kappa shape index (κ2) is 8.23. The van der Waals surface area contributed by atoms with Crippen LogP contribution < -0.4 is 10.6 Å². The van der Waals surface area contributed by atoms with Crippen molar-refractivity contribution in [1.29, 1.82) is 0 Å². The molecule has 1 aliphatic carbocycles. The molecule has 11 heteroatoms. The highest BCUT2D eigenvalue weighted by molar-refractivity contribution is 7.89. The molecule has 1 heterocycles. The molecule has 0 spiro atoms. The average molecular weight is 413 g/mol.